The smallest absolute Gasteiger partial charge is 0.250 e. The van der Waals surface area contributed by atoms with Gasteiger partial charge < -0.3 is 5.73 Å². The third kappa shape index (κ3) is 2.66. The second kappa shape index (κ2) is 4.74. The van der Waals surface area contributed by atoms with Crippen LogP contribution in [0.25, 0.3) is 0 Å². The topological polar surface area (TPSA) is 96.0 Å². The number of nitrogens with one attached hydrogen (secondary N) is 1. The van der Waals surface area contributed by atoms with Crippen LogP contribution in [-0.4, -0.2) is 20.5 Å². The van der Waals surface area contributed by atoms with Gasteiger partial charge in [-0.05, 0) is 25.0 Å². The summed E-state index contributed by atoms with van der Waals surface area (Å²) in [7, 11) is -3.53. The van der Waals surface area contributed by atoms with Crippen molar-refractivity contribution in [3.05, 3.63) is 17.0 Å². The molecule has 5 nitrogen and oxygen atoms in total. The van der Waals surface area contributed by atoms with Crippen molar-refractivity contribution in [2.45, 2.75) is 35.6 Å². The number of rotatable bonds is 3. The molecule has 17 heavy (non-hydrogen) atoms. The molecule has 1 aliphatic rings. The van der Waals surface area contributed by atoms with E-state index in [2.05, 4.69) is 4.72 Å². The standard InChI is InChI=1S/C10H13N3O2S2/c11-6-7-4-5-10(16-7)17(14,15)13-9-3-1-2-8(9)12/h4-5,8-9,13H,1-3,12H2. The van der Waals surface area contributed by atoms with Crippen LogP contribution in [0.3, 0.4) is 0 Å². The van der Waals surface area contributed by atoms with Gasteiger partial charge in [0, 0.05) is 12.1 Å². The van der Waals surface area contributed by atoms with E-state index in [1.54, 1.807) is 0 Å². The third-order valence-electron chi connectivity index (χ3n) is 2.83. The van der Waals surface area contributed by atoms with Gasteiger partial charge in [-0.2, -0.15) is 5.26 Å². The summed E-state index contributed by atoms with van der Waals surface area (Å²) in [6.07, 6.45) is 2.57. The number of hydrogen-bond donors (Lipinski definition) is 2. The first kappa shape index (κ1) is 12.5. The molecule has 0 spiro atoms. The molecule has 1 aromatic heterocycles. The second-order valence-electron chi connectivity index (χ2n) is 4.05. The average Bonchev–Trinajstić information content (AvgIpc) is 2.88. The normalized spacial score (nSPS) is 24.7. The lowest BCUT2D eigenvalue weighted by Crippen LogP contribution is -2.43. The molecular formula is C10H13N3O2S2. The molecule has 7 heteroatoms. The van der Waals surface area contributed by atoms with Crippen LogP contribution in [0.15, 0.2) is 16.3 Å². The van der Waals surface area contributed by atoms with Crippen LogP contribution in [0.5, 0.6) is 0 Å². The summed E-state index contributed by atoms with van der Waals surface area (Å²) in [6, 6.07) is 4.58. The summed E-state index contributed by atoms with van der Waals surface area (Å²) in [4.78, 5) is 0.390. The van der Waals surface area contributed by atoms with E-state index in [1.165, 1.54) is 12.1 Å². The number of nitriles is 1. The summed E-state index contributed by atoms with van der Waals surface area (Å²) in [5.74, 6) is 0. The number of nitrogens with zero attached hydrogens (tertiary/aromatic N) is 1. The molecule has 1 fully saturated rings. The molecule has 3 N–H and O–H groups in total. The van der Waals surface area contributed by atoms with Crippen LogP contribution in [0, 0.1) is 11.3 Å². The molecule has 1 heterocycles. The molecule has 0 aliphatic heterocycles. The fraction of sp³-hybridized carbons (Fsp3) is 0.500. The minimum atomic E-state index is -3.53. The van der Waals surface area contributed by atoms with Crippen molar-refractivity contribution in [3.8, 4) is 6.07 Å². The van der Waals surface area contributed by atoms with Crippen LogP contribution in [0.4, 0.5) is 0 Å². The van der Waals surface area contributed by atoms with Crippen LogP contribution in [0.2, 0.25) is 0 Å². The summed E-state index contributed by atoms with van der Waals surface area (Å²) < 4.78 is 26.8. The van der Waals surface area contributed by atoms with Gasteiger partial charge in [0.15, 0.2) is 0 Å². The molecule has 0 radical (unpaired) electrons. The predicted molar refractivity (Wildman–Crippen MR) is 65.0 cm³/mol. The third-order valence-corrected chi connectivity index (χ3v) is 5.80. The monoisotopic (exact) mass is 271 g/mol. The van der Waals surface area contributed by atoms with Crippen LogP contribution in [-0.2, 0) is 10.0 Å². The van der Waals surface area contributed by atoms with E-state index >= 15 is 0 Å². The first-order valence-corrected chi connectivity index (χ1v) is 7.61. The van der Waals surface area contributed by atoms with Crippen molar-refractivity contribution in [1.29, 1.82) is 5.26 Å². The fourth-order valence-corrected chi connectivity index (χ4v) is 4.36. The largest absolute Gasteiger partial charge is 0.326 e. The van der Waals surface area contributed by atoms with E-state index in [9.17, 15) is 8.42 Å². The molecule has 2 rings (SSSR count). The SMILES string of the molecule is N#Cc1ccc(S(=O)(=O)NC2CCCC2N)s1. The van der Waals surface area contributed by atoms with E-state index in [1.807, 2.05) is 6.07 Å². The van der Waals surface area contributed by atoms with E-state index in [0.29, 0.717) is 4.88 Å². The van der Waals surface area contributed by atoms with Crippen molar-refractivity contribution in [2.75, 3.05) is 0 Å². The molecule has 2 atom stereocenters. The quantitative estimate of drug-likeness (QED) is 0.849. The summed E-state index contributed by atoms with van der Waals surface area (Å²) in [5, 5.41) is 8.67. The van der Waals surface area contributed by atoms with Gasteiger partial charge in [0.25, 0.3) is 0 Å². The van der Waals surface area contributed by atoms with Gasteiger partial charge in [-0.15, -0.1) is 11.3 Å². The zero-order valence-electron chi connectivity index (χ0n) is 9.09. The zero-order chi connectivity index (χ0) is 12.5. The lowest BCUT2D eigenvalue weighted by Gasteiger charge is -2.16. The van der Waals surface area contributed by atoms with Crippen molar-refractivity contribution in [3.63, 3.8) is 0 Å². The van der Waals surface area contributed by atoms with Gasteiger partial charge in [0.2, 0.25) is 10.0 Å². The van der Waals surface area contributed by atoms with E-state index in [0.717, 1.165) is 30.6 Å². The molecule has 0 bridgehead atoms. The van der Waals surface area contributed by atoms with Crippen molar-refractivity contribution in [1.82, 2.24) is 4.72 Å². The summed E-state index contributed by atoms with van der Waals surface area (Å²) >= 11 is 0.972. The Balaban J connectivity index is 2.16. The Hall–Kier alpha value is -0.940. The lowest BCUT2D eigenvalue weighted by atomic mass is 10.2. The lowest BCUT2D eigenvalue weighted by molar-refractivity contribution is 0.523. The first-order valence-electron chi connectivity index (χ1n) is 5.31. The van der Waals surface area contributed by atoms with Crippen LogP contribution in [0.1, 0.15) is 24.1 Å². The Morgan fingerprint density at radius 2 is 2.24 bits per heavy atom. The van der Waals surface area contributed by atoms with Gasteiger partial charge in [0.05, 0.1) is 0 Å². The maximum absolute atomic E-state index is 12.0. The fourth-order valence-electron chi connectivity index (χ4n) is 1.92. The maximum atomic E-state index is 12.0. The number of hydrogen-bond acceptors (Lipinski definition) is 5. The van der Waals surface area contributed by atoms with Crippen molar-refractivity contribution >= 4 is 21.4 Å². The molecule has 2 unspecified atom stereocenters. The summed E-state index contributed by atoms with van der Waals surface area (Å²) in [6.45, 7) is 0. The molecule has 0 aromatic carbocycles. The zero-order valence-corrected chi connectivity index (χ0v) is 10.7. The Kier molecular flexibility index (Phi) is 3.49. The molecule has 0 saturated heterocycles. The summed E-state index contributed by atoms with van der Waals surface area (Å²) in [5.41, 5.74) is 5.82. The molecule has 0 amide bonds. The predicted octanol–water partition coefficient (Wildman–Crippen LogP) is 0.778. The molecule has 92 valence electrons. The molecular weight excluding hydrogens is 258 g/mol. The maximum Gasteiger partial charge on any atom is 0.250 e. The Labute approximate surface area is 104 Å². The van der Waals surface area contributed by atoms with Gasteiger partial charge in [-0.1, -0.05) is 6.42 Å². The number of sulfonamides is 1. The minimum Gasteiger partial charge on any atom is -0.326 e. The van der Waals surface area contributed by atoms with E-state index < -0.39 is 10.0 Å². The van der Waals surface area contributed by atoms with Gasteiger partial charge in [0.1, 0.15) is 15.2 Å². The molecule has 1 aromatic rings. The average molecular weight is 271 g/mol. The Bertz CT molecular complexity index is 544. The second-order valence-corrected chi connectivity index (χ2v) is 7.08. The number of nitrogens with two attached hydrogens (primary N) is 1. The highest BCUT2D eigenvalue weighted by Gasteiger charge is 2.29. The minimum absolute atomic E-state index is 0.111. The Morgan fingerprint density at radius 1 is 1.47 bits per heavy atom. The van der Waals surface area contributed by atoms with E-state index in [-0.39, 0.29) is 16.3 Å². The Morgan fingerprint density at radius 3 is 2.76 bits per heavy atom. The van der Waals surface area contributed by atoms with Crippen molar-refractivity contribution in [2.24, 2.45) is 5.73 Å². The first-order chi connectivity index (χ1) is 8.03. The van der Waals surface area contributed by atoms with Crippen LogP contribution < -0.4 is 10.5 Å². The highest BCUT2D eigenvalue weighted by Crippen LogP contribution is 2.24. The van der Waals surface area contributed by atoms with Crippen molar-refractivity contribution < 1.29 is 8.42 Å². The molecule has 1 saturated carbocycles. The number of thiophene rings is 1. The van der Waals surface area contributed by atoms with Gasteiger partial charge in [-0.3, -0.25) is 0 Å². The van der Waals surface area contributed by atoms with E-state index in [4.69, 9.17) is 11.0 Å². The van der Waals surface area contributed by atoms with Gasteiger partial charge >= 0.3 is 0 Å². The van der Waals surface area contributed by atoms with Gasteiger partial charge in [-0.25, -0.2) is 13.1 Å². The highest BCUT2D eigenvalue weighted by atomic mass is 32.2. The highest BCUT2D eigenvalue weighted by molar-refractivity contribution is 7.91. The van der Waals surface area contributed by atoms with Crippen LogP contribution >= 0.6 is 11.3 Å². The molecule has 1 aliphatic carbocycles.